The van der Waals surface area contributed by atoms with Gasteiger partial charge in [0.2, 0.25) is 5.91 Å². The fraction of sp³-hybridized carbons (Fsp3) is 0.412. The van der Waals surface area contributed by atoms with Crippen LogP contribution in [0, 0.1) is 0 Å². The first kappa shape index (κ1) is 17.2. The van der Waals surface area contributed by atoms with E-state index in [0.717, 1.165) is 37.6 Å². The first-order chi connectivity index (χ1) is 11.9. The molecule has 1 unspecified atom stereocenters. The van der Waals surface area contributed by atoms with E-state index in [2.05, 4.69) is 25.4 Å². The second-order valence-corrected chi connectivity index (χ2v) is 6.32. The minimum atomic E-state index is -0.988. The highest BCUT2D eigenvalue weighted by molar-refractivity contribution is 5.94. The predicted octanol–water partition coefficient (Wildman–Crippen LogP) is -0.398. The highest BCUT2D eigenvalue weighted by atomic mass is 16.1. The van der Waals surface area contributed by atoms with Gasteiger partial charge < -0.3 is 21.3 Å². The average molecular weight is 343 g/mol. The Balaban J connectivity index is 1.64. The van der Waals surface area contributed by atoms with Crippen molar-refractivity contribution in [2.45, 2.75) is 12.8 Å². The number of nitrogens with zero attached hydrogens (tertiary/aromatic N) is 3. The smallest absolute Gasteiger partial charge is 0.251 e. The molecule has 8 nitrogen and oxygen atoms in total. The van der Waals surface area contributed by atoms with E-state index in [-0.39, 0.29) is 5.91 Å². The van der Waals surface area contributed by atoms with Crippen molar-refractivity contribution in [2.75, 3.05) is 38.1 Å². The topological polar surface area (TPSA) is 112 Å². The summed E-state index contributed by atoms with van der Waals surface area (Å²) >= 11 is 0. The van der Waals surface area contributed by atoms with E-state index in [4.69, 9.17) is 11.5 Å². The van der Waals surface area contributed by atoms with Crippen molar-refractivity contribution in [1.82, 2.24) is 15.5 Å². The van der Waals surface area contributed by atoms with Crippen LogP contribution in [0.2, 0.25) is 0 Å². The molecule has 0 aromatic heterocycles. The van der Waals surface area contributed by atoms with Gasteiger partial charge in [-0.25, -0.2) is 9.89 Å². The van der Waals surface area contributed by atoms with Crippen LogP contribution >= 0.6 is 0 Å². The zero-order chi connectivity index (χ0) is 18.0. The molecule has 3 rings (SSSR count). The number of amidine groups is 1. The lowest BCUT2D eigenvalue weighted by Gasteiger charge is -2.45. The molecular weight excluding hydrogens is 318 g/mol. The van der Waals surface area contributed by atoms with Crippen LogP contribution in [0.5, 0.6) is 0 Å². The Hall–Kier alpha value is -2.58. The van der Waals surface area contributed by atoms with Crippen LogP contribution in [0.25, 0.3) is 0 Å². The summed E-state index contributed by atoms with van der Waals surface area (Å²) in [6, 6.07) is 7.63. The maximum Gasteiger partial charge on any atom is 0.251 e. The van der Waals surface area contributed by atoms with Crippen LogP contribution in [-0.4, -0.2) is 55.8 Å². The van der Waals surface area contributed by atoms with Crippen molar-refractivity contribution in [2.24, 2.45) is 16.5 Å². The van der Waals surface area contributed by atoms with E-state index >= 15 is 0 Å². The first-order valence-corrected chi connectivity index (χ1v) is 8.34. The molecule has 0 saturated carbocycles. The molecule has 1 atom stereocenters. The highest BCUT2D eigenvalue weighted by Crippen LogP contribution is 2.21. The Morgan fingerprint density at radius 3 is 2.44 bits per heavy atom. The summed E-state index contributed by atoms with van der Waals surface area (Å²) in [5.74, 6) is -0.632. The molecule has 0 bridgehead atoms. The number of nitrogens with two attached hydrogens (primary N) is 2. The number of hydrogen-bond acceptors (Lipinski definition) is 7. The summed E-state index contributed by atoms with van der Waals surface area (Å²) in [5.41, 5.74) is 14.9. The summed E-state index contributed by atoms with van der Waals surface area (Å²) < 4.78 is 0. The molecule has 2 heterocycles. The monoisotopic (exact) mass is 343 g/mol. The fourth-order valence-corrected chi connectivity index (χ4v) is 3.23. The van der Waals surface area contributed by atoms with Gasteiger partial charge in [-0.15, -0.1) is 0 Å². The second kappa shape index (κ2) is 6.73. The predicted molar refractivity (Wildman–Crippen MR) is 99.1 cm³/mol. The third-order valence-corrected chi connectivity index (χ3v) is 4.53. The van der Waals surface area contributed by atoms with Gasteiger partial charge in [0.05, 0.1) is 0 Å². The molecule has 1 amide bonds. The molecule has 1 saturated heterocycles. The van der Waals surface area contributed by atoms with Crippen LogP contribution in [0.1, 0.15) is 17.3 Å². The molecule has 0 spiro atoms. The molecule has 2 aliphatic heterocycles. The lowest BCUT2D eigenvalue weighted by Crippen LogP contribution is -2.69. The molecule has 25 heavy (non-hydrogen) atoms. The number of benzene rings is 1. The van der Waals surface area contributed by atoms with E-state index in [1.54, 1.807) is 13.1 Å². The molecular formula is C17H25N7O. The van der Waals surface area contributed by atoms with Crippen LogP contribution in [0.3, 0.4) is 0 Å². The Bertz CT molecular complexity index is 704. The van der Waals surface area contributed by atoms with Crippen LogP contribution < -0.4 is 27.0 Å². The highest BCUT2D eigenvalue weighted by Gasteiger charge is 2.36. The van der Waals surface area contributed by atoms with E-state index in [1.165, 1.54) is 0 Å². The quantitative estimate of drug-likeness (QED) is 0.594. The van der Waals surface area contributed by atoms with Gasteiger partial charge in [-0.05, 0) is 37.3 Å². The number of amides is 1. The Morgan fingerprint density at radius 2 is 1.88 bits per heavy atom. The van der Waals surface area contributed by atoms with E-state index in [0.29, 0.717) is 11.4 Å². The first-order valence-electron chi connectivity index (χ1n) is 8.34. The zero-order valence-corrected chi connectivity index (χ0v) is 14.6. The van der Waals surface area contributed by atoms with Crippen molar-refractivity contribution < 1.29 is 4.79 Å². The third kappa shape index (κ3) is 3.59. The van der Waals surface area contributed by atoms with Crippen molar-refractivity contribution in [3.8, 4) is 0 Å². The number of piperazine rings is 1. The van der Waals surface area contributed by atoms with Gasteiger partial charge in [-0.3, -0.25) is 10.5 Å². The number of rotatable bonds is 3. The summed E-state index contributed by atoms with van der Waals surface area (Å²) in [7, 11) is 1.63. The molecule has 8 heteroatoms. The molecule has 2 aliphatic rings. The van der Waals surface area contributed by atoms with E-state index in [1.807, 2.05) is 31.2 Å². The average Bonchev–Trinajstić information content (AvgIpc) is 2.60. The number of anilines is 1. The van der Waals surface area contributed by atoms with Crippen LogP contribution in [0.4, 0.5) is 5.69 Å². The minimum absolute atomic E-state index is 0.0799. The van der Waals surface area contributed by atoms with Gasteiger partial charge in [0, 0.05) is 50.2 Å². The van der Waals surface area contributed by atoms with Crippen LogP contribution in [0.15, 0.2) is 41.0 Å². The molecule has 1 aromatic rings. The molecule has 6 N–H and O–H groups in total. The van der Waals surface area contributed by atoms with Gasteiger partial charge in [0.25, 0.3) is 5.91 Å². The minimum Gasteiger partial charge on any atom is -0.384 e. The third-order valence-electron chi connectivity index (χ3n) is 4.53. The Labute approximate surface area is 147 Å². The maximum absolute atomic E-state index is 11.6. The van der Waals surface area contributed by atoms with Crippen molar-refractivity contribution in [3.63, 3.8) is 0 Å². The van der Waals surface area contributed by atoms with Gasteiger partial charge in [0.15, 0.2) is 0 Å². The normalized spacial score (nSPS) is 24.2. The number of allylic oxidation sites excluding steroid dienone is 1. The van der Waals surface area contributed by atoms with Gasteiger partial charge >= 0.3 is 0 Å². The zero-order valence-electron chi connectivity index (χ0n) is 14.6. The molecule has 134 valence electrons. The second-order valence-electron chi connectivity index (χ2n) is 6.32. The number of carbonyl (C=O) groups excluding carboxylic acids is 1. The van der Waals surface area contributed by atoms with Gasteiger partial charge in [-0.2, -0.15) is 0 Å². The summed E-state index contributed by atoms with van der Waals surface area (Å²) in [5, 5.41) is 5.83. The summed E-state index contributed by atoms with van der Waals surface area (Å²) in [6.45, 7) is 5.07. The number of carbonyl (C=O) groups is 1. The van der Waals surface area contributed by atoms with E-state index < -0.39 is 5.91 Å². The van der Waals surface area contributed by atoms with E-state index in [9.17, 15) is 4.79 Å². The van der Waals surface area contributed by atoms with Crippen molar-refractivity contribution in [3.05, 3.63) is 41.6 Å². The summed E-state index contributed by atoms with van der Waals surface area (Å²) in [4.78, 5) is 20.4. The fourth-order valence-electron chi connectivity index (χ4n) is 3.23. The SMILES string of the molecule is CNC(=O)c1ccc(N2CCN(C3(N)N=C(N)C=C(C)N3)CC2)cc1. The molecule has 1 aromatic carbocycles. The van der Waals surface area contributed by atoms with Crippen molar-refractivity contribution in [1.29, 1.82) is 0 Å². The molecule has 1 fully saturated rings. The van der Waals surface area contributed by atoms with Gasteiger partial charge in [0.1, 0.15) is 5.84 Å². The number of aliphatic imine (C=N–C) groups is 1. The maximum atomic E-state index is 11.6. The Morgan fingerprint density at radius 1 is 1.24 bits per heavy atom. The lowest BCUT2D eigenvalue weighted by molar-refractivity contribution is 0.0688. The largest absolute Gasteiger partial charge is 0.384 e. The summed E-state index contributed by atoms with van der Waals surface area (Å²) in [6.07, 6.45) is 1.77. The van der Waals surface area contributed by atoms with Crippen molar-refractivity contribution >= 4 is 17.4 Å². The van der Waals surface area contributed by atoms with Crippen LogP contribution in [-0.2, 0) is 0 Å². The standard InChI is InChI=1S/C17H25N7O/c1-12-11-15(18)22-17(19,21-12)24-9-7-23(8-10-24)14-5-3-13(4-6-14)16(25)20-2/h3-6,11,21H,7-10,19H2,1-2H3,(H2,18,22)(H,20,25). The van der Waals surface area contributed by atoms with Gasteiger partial charge in [-0.1, -0.05) is 0 Å². The Kier molecular flexibility index (Phi) is 4.65. The lowest BCUT2D eigenvalue weighted by atomic mass is 10.1. The number of nitrogens with one attached hydrogen (secondary N) is 2. The molecule has 0 aliphatic carbocycles. The molecule has 0 radical (unpaired) electrons. The number of hydrogen-bond donors (Lipinski definition) is 4.